The predicted octanol–water partition coefficient (Wildman–Crippen LogP) is 3.71. The van der Waals surface area contributed by atoms with Crippen LogP contribution in [-0.2, 0) is 0 Å². The number of nitrogens with zero attached hydrogens (tertiary/aromatic N) is 1. The van der Waals surface area contributed by atoms with Gasteiger partial charge in [-0.05, 0) is 48.5 Å². The third-order valence-electron chi connectivity index (χ3n) is 2.34. The standard InChI is InChI=1S/C13H10F2N2/c14-10-1-5-12(6-2-10)17(9-16)13-7-3-11(15)4-8-13/h1-9,16H. The molecule has 2 aromatic carbocycles. The molecular weight excluding hydrogens is 222 g/mol. The Morgan fingerprint density at radius 3 is 1.41 bits per heavy atom. The fourth-order valence-electron chi connectivity index (χ4n) is 1.50. The minimum Gasteiger partial charge on any atom is -0.302 e. The quantitative estimate of drug-likeness (QED) is 0.633. The third kappa shape index (κ3) is 2.47. The molecule has 17 heavy (non-hydrogen) atoms. The molecule has 0 heterocycles. The Bertz CT molecular complexity index is 460. The second kappa shape index (κ2) is 4.74. The normalized spacial score (nSPS) is 10.0. The van der Waals surface area contributed by atoms with Crippen LogP contribution >= 0.6 is 0 Å². The van der Waals surface area contributed by atoms with E-state index in [0.717, 1.165) is 6.34 Å². The molecular formula is C13H10F2N2. The number of anilines is 2. The highest BCUT2D eigenvalue weighted by Crippen LogP contribution is 2.23. The van der Waals surface area contributed by atoms with Crippen molar-refractivity contribution in [3.05, 3.63) is 60.2 Å². The van der Waals surface area contributed by atoms with Crippen LogP contribution in [0.25, 0.3) is 0 Å². The Kier molecular flexibility index (Phi) is 3.14. The van der Waals surface area contributed by atoms with E-state index in [4.69, 9.17) is 5.41 Å². The lowest BCUT2D eigenvalue weighted by Gasteiger charge is -2.18. The molecule has 0 saturated heterocycles. The molecule has 0 aliphatic rings. The topological polar surface area (TPSA) is 27.1 Å². The molecule has 0 aromatic heterocycles. The van der Waals surface area contributed by atoms with Gasteiger partial charge in [-0.15, -0.1) is 0 Å². The molecule has 2 nitrogen and oxygen atoms in total. The van der Waals surface area contributed by atoms with Gasteiger partial charge >= 0.3 is 0 Å². The molecule has 0 bridgehead atoms. The summed E-state index contributed by atoms with van der Waals surface area (Å²) >= 11 is 0. The molecule has 2 rings (SSSR count). The highest BCUT2D eigenvalue weighted by molar-refractivity contribution is 5.87. The minimum atomic E-state index is -0.335. The fraction of sp³-hybridized carbons (Fsp3) is 0. The monoisotopic (exact) mass is 232 g/mol. The highest BCUT2D eigenvalue weighted by Gasteiger charge is 2.06. The van der Waals surface area contributed by atoms with Crippen LogP contribution in [0.15, 0.2) is 48.5 Å². The van der Waals surface area contributed by atoms with Crippen molar-refractivity contribution in [1.82, 2.24) is 0 Å². The van der Waals surface area contributed by atoms with Crippen molar-refractivity contribution in [2.75, 3.05) is 4.90 Å². The van der Waals surface area contributed by atoms with Gasteiger partial charge in [0.2, 0.25) is 0 Å². The Labute approximate surface area is 97.6 Å². The Morgan fingerprint density at radius 2 is 1.12 bits per heavy atom. The first-order valence-electron chi connectivity index (χ1n) is 5.01. The summed E-state index contributed by atoms with van der Waals surface area (Å²) in [5.41, 5.74) is 1.29. The molecule has 0 aliphatic heterocycles. The van der Waals surface area contributed by atoms with Crippen molar-refractivity contribution < 1.29 is 8.78 Å². The second-order valence-electron chi connectivity index (χ2n) is 3.45. The van der Waals surface area contributed by atoms with E-state index in [-0.39, 0.29) is 11.6 Å². The average Bonchev–Trinajstić information content (AvgIpc) is 2.35. The lowest BCUT2D eigenvalue weighted by Crippen LogP contribution is -2.13. The van der Waals surface area contributed by atoms with Crippen molar-refractivity contribution in [3.63, 3.8) is 0 Å². The van der Waals surface area contributed by atoms with E-state index >= 15 is 0 Å². The van der Waals surface area contributed by atoms with Crippen molar-refractivity contribution in [3.8, 4) is 0 Å². The average molecular weight is 232 g/mol. The lowest BCUT2D eigenvalue weighted by molar-refractivity contribution is 0.628. The molecule has 0 radical (unpaired) electrons. The molecule has 0 aliphatic carbocycles. The van der Waals surface area contributed by atoms with Crippen LogP contribution in [0.5, 0.6) is 0 Å². The van der Waals surface area contributed by atoms with Crippen molar-refractivity contribution in [2.24, 2.45) is 0 Å². The lowest BCUT2D eigenvalue weighted by atomic mass is 10.2. The number of benzene rings is 2. The van der Waals surface area contributed by atoms with Gasteiger partial charge in [0.05, 0.1) is 6.34 Å². The molecule has 0 unspecified atom stereocenters. The maximum absolute atomic E-state index is 12.8. The molecule has 86 valence electrons. The third-order valence-corrected chi connectivity index (χ3v) is 2.34. The van der Waals surface area contributed by atoms with Gasteiger partial charge in [-0.1, -0.05) is 0 Å². The van der Waals surface area contributed by atoms with E-state index in [2.05, 4.69) is 0 Å². The number of hydrogen-bond donors (Lipinski definition) is 1. The van der Waals surface area contributed by atoms with Gasteiger partial charge in [0, 0.05) is 11.4 Å². The van der Waals surface area contributed by atoms with Gasteiger partial charge in [-0.25, -0.2) is 8.78 Å². The van der Waals surface area contributed by atoms with Crippen molar-refractivity contribution in [1.29, 1.82) is 5.41 Å². The summed E-state index contributed by atoms with van der Waals surface area (Å²) in [4.78, 5) is 1.53. The molecule has 4 heteroatoms. The van der Waals surface area contributed by atoms with E-state index in [1.165, 1.54) is 29.2 Å². The van der Waals surface area contributed by atoms with Crippen LogP contribution in [0.4, 0.5) is 20.2 Å². The second-order valence-corrected chi connectivity index (χ2v) is 3.45. The minimum absolute atomic E-state index is 0.335. The molecule has 0 amide bonds. The fourth-order valence-corrected chi connectivity index (χ4v) is 1.50. The van der Waals surface area contributed by atoms with Gasteiger partial charge in [0.25, 0.3) is 0 Å². The number of halogens is 2. The first-order valence-corrected chi connectivity index (χ1v) is 5.01. The van der Waals surface area contributed by atoms with Crippen LogP contribution in [0.2, 0.25) is 0 Å². The number of nitrogens with one attached hydrogen (secondary N) is 1. The summed E-state index contributed by atoms with van der Waals surface area (Å²) in [5.74, 6) is -0.671. The first-order chi connectivity index (χ1) is 8.20. The molecule has 0 saturated carbocycles. The number of hydrogen-bond acceptors (Lipinski definition) is 1. The summed E-state index contributed by atoms with van der Waals surface area (Å²) in [5, 5.41) is 7.36. The van der Waals surface area contributed by atoms with Gasteiger partial charge < -0.3 is 4.90 Å². The number of rotatable bonds is 3. The van der Waals surface area contributed by atoms with Crippen LogP contribution in [0, 0.1) is 17.0 Å². The van der Waals surface area contributed by atoms with E-state index in [9.17, 15) is 8.78 Å². The van der Waals surface area contributed by atoms with Crippen LogP contribution < -0.4 is 4.90 Å². The molecule has 0 fully saturated rings. The first kappa shape index (κ1) is 11.3. The Balaban J connectivity index is 2.36. The predicted molar refractivity (Wildman–Crippen MR) is 63.7 cm³/mol. The zero-order valence-electron chi connectivity index (χ0n) is 8.90. The Morgan fingerprint density at radius 1 is 0.765 bits per heavy atom. The van der Waals surface area contributed by atoms with E-state index in [1.807, 2.05) is 0 Å². The van der Waals surface area contributed by atoms with Crippen LogP contribution in [-0.4, -0.2) is 6.34 Å². The summed E-state index contributed by atoms with van der Waals surface area (Å²) < 4.78 is 25.6. The van der Waals surface area contributed by atoms with Crippen molar-refractivity contribution in [2.45, 2.75) is 0 Å². The van der Waals surface area contributed by atoms with Crippen LogP contribution in [0.1, 0.15) is 0 Å². The van der Waals surface area contributed by atoms with Gasteiger partial charge in [-0.3, -0.25) is 5.41 Å². The summed E-state index contributed by atoms with van der Waals surface area (Å²) in [6.07, 6.45) is 1.10. The van der Waals surface area contributed by atoms with Crippen LogP contribution in [0.3, 0.4) is 0 Å². The summed E-state index contributed by atoms with van der Waals surface area (Å²) in [7, 11) is 0. The molecule has 1 N–H and O–H groups in total. The smallest absolute Gasteiger partial charge is 0.123 e. The SMILES string of the molecule is N=CN(c1ccc(F)cc1)c1ccc(F)cc1. The van der Waals surface area contributed by atoms with Gasteiger partial charge in [0.15, 0.2) is 0 Å². The molecule has 0 spiro atoms. The summed E-state index contributed by atoms with van der Waals surface area (Å²) in [6.45, 7) is 0. The maximum Gasteiger partial charge on any atom is 0.123 e. The summed E-state index contributed by atoms with van der Waals surface area (Å²) in [6, 6.07) is 11.5. The van der Waals surface area contributed by atoms with E-state index in [1.54, 1.807) is 24.3 Å². The largest absolute Gasteiger partial charge is 0.302 e. The zero-order chi connectivity index (χ0) is 12.3. The molecule has 2 aromatic rings. The Hall–Kier alpha value is -2.23. The zero-order valence-corrected chi connectivity index (χ0v) is 8.90. The molecule has 0 atom stereocenters. The van der Waals surface area contributed by atoms with Crippen molar-refractivity contribution >= 4 is 17.7 Å². The van der Waals surface area contributed by atoms with E-state index < -0.39 is 0 Å². The highest BCUT2D eigenvalue weighted by atomic mass is 19.1. The maximum atomic E-state index is 12.8. The van der Waals surface area contributed by atoms with Gasteiger partial charge in [0.1, 0.15) is 11.6 Å². The van der Waals surface area contributed by atoms with E-state index in [0.29, 0.717) is 11.4 Å². The van der Waals surface area contributed by atoms with Gasteiger partial charge in [-0.2, -0.15) is 0 Å².